The number of nitrogens with one attached hydrogen (secondary N) is 1. The first-order chi connectivity index (χ1) is 14.9. The number of carbonyl (C=O) groups excluding carboxylic acids is 1. The van der Waals surface area contributed by atoms with E-state index in [2.05, 4.69) is 21.2 Å². The second kappa shape index (κ2) is 10.1. The summed E-state index contributed by atoms with van der Waals surface area (Å²) < 4.78 is 20.0. The third-order valence-corrected chi connectivity index (χ3v) is 5.09. The fourth-order valence-corrected chi connectivity index (χ4v) is 3.34. The lowest BCUT2D eigenvalue weighted by molar-refractivity contribution is -0.112. The van der Waals surface area contributed by atoms with Crippen LogP contribution in [0.4, 0.5) is 10.1 Å². The molecule has 0 saturated heterocycles. The molecule has 0 aliphatic carbocycles. The van der Waals surface area contributed by atoms with Gasteiger partial charge in [0.05, 0.1) is 0 Å². The van der Waals surface area contributed by atoms with E-state index in [9.17, 15) is 14.4 Å². The molecule has 0 saturated carbocycles. The van der Waals surface area contributed by atoms with E-state index in [1.165, 1.54) is 30.3 Å². The minimum absolute atomic E-state index is 0.0494. The molecule has 1 amide bonds. The summed E-state index contributed by atoms with van der Waals surface area (Å²) >= 11 is 3.42. The maximum atomic E-state index is 13.0. The van der Waals surface area contributed by atoms with E-state index in [1.807, 2.05) is 56.3 Å². The Bertz CT molecular complexity index is 1140. The van der Waals surface area contributed by atoms with Crippen molar-refractivity contribution in [2.75, 3.05) is 5.32 Å². The molecule has 0 atom stereocenters. The van der Waals surface area contributed by atoms with Gasteiger partial charge in [-0.15, -0.1) is 0 Å². The number of nitrogens with zero attached hydrogens (tertiary/aromatic N) is 1. The number of aryl methyl sites for hydroxylation is 2. The molecule has 0 unspecified atom stereocenters. The zero-order valence-electron chi connectivity index (χ0n) is 17.1. The third kappa shape index (κ3) is 6.03. The molecule has 0 bridgehead atoms. The van der Waals surface area contributed by atoms with Gasteiger partial charge in [-0.05, 0) is 90.7 Å². The van der Waals surface area contributed by atoms with Crippen LogP contribution in [0.2, 0.25) is 0 Å². The van der Waals surface area contributed by atoms with E-state index in [4.69, 9.17) is 4.74 Å². The van der Waals surface area contributed by atoms with Gasteiger partial charge < -0.3 is 10.1 Å². The molecule has 0 heterocycles. The summed E-state index contributed by atoms with van der Waals surface area (Å²) in [5.74, 6) is -0.184. The molecule has 6 heteroatoms. The highest BCUT2D eigenvalue weighted by molar-refractivity contribution is 9.10. The SMILES string of the molecule is Cc1cc(/C=C(\C#N)C(=O)Nc2ccc(F)cc2)cc(C)c1OCc1ccc(Br)cc1. The fraction of sp³-hybridized carbons (Fsp3) is 0.120. The Morgan fingerprint density at radius 2 is 1.71 bits per heavy atom. The van der Waals surface area contributed by atoms with Crippen molar-refractivity contribution in [2.45, 2.75) is 20.5 Å². The highest BCUT2D eigenvalue weighted by Gasteiger charge is 2.12. The van der Waals surface area contributed by atoms with Crippen LogP contribution in [0.25, 0.3) is 6.08 Å². The Labute approximate surface area is 189 Å². The zero-order valence-corrected chi connectivity index (χ0v) is 18.7. The first-order valence-electron chi connectivity index (χ1n) is 9.53. The van der Waals surface area contributed by atoms with Crippen molar-refractivity contribution >= 4 is 33.6 Å². The average Bonchev–Trinajstić information content (AvgIpc) is 2.74. The lowest BCUT2D eigenvalue weighted by Crippen LogP contribution is -2.13. The van der Waals surface area contributed by atoms with Crippen LogP contribution in [-0.4, -0.2) is 5.91 Å². The second-order valence-electron chi connectivity index (χ2n) is 7.03. The average molecular weight is 479 g/mol. The summed E-state index contributed by atoms with van der Waals surface area (Å²) in [5, 5.41) is 12.0. The molecule has 0 aliphatic rings. The van der Waals surface area contributed by atoms with Gasteiger partial charge in [-0.3, -0.25) is 4.79 Å². The quantitative estimate of drug-likeness (QED) is 0.332. The molecule has 31 heavy (non-hydrogen) atoms. The van der Waals surface area contributed by atoms with Crippen LogP contribution in [0.3, 0.4) is 0 Å². The van der Waals surface area contributed by atoms with Gasteiger partial charge in [0.2, 0.25) is 0 Å². The number of hydrogen-bond acceptors (Lipinski definition) is 3. The van der Waals surface area contributed by atoms with Crippen molar-refractivity contribution in [3.63, 3.8) is 0 Å². The molecule has 0 fully saturated rings. The van der Waals surface area contributed by atoms with Gasteiger partial charge in [0.15, 0.2) is 0 Å². The molecular weight excluding hydrogens is 459 g/mol. The van der Waals surface area contributed by atoms with Gasteiger partial charge in [-0.25, -0.2) is 4.39 Å². The number of ether oxygens (including phenoxy) is 1. The molecular formula is C25H20BrFN2O2. The second-order valence-corrected chi connectivity index (χ2v) is 7.95. The third-order valence-electron chi connectivity index (χ3n) is 4.56. The van der Waals surface area contributed by atoms with Crippen LogP contribution in [0.15, 0.2) is 70.7 Å². The Morgan fingerprint density at radius 3 is 2.29 bits per heavy atom. The van der Waals surface area contributed by atoms with Crippen LogP contribution in [0.5, 0.6) is 5.75 Å². The molecule has 4 nitrogen and oxygen atoms in total. The van der Waals surface area contributed by atoms with E-state index in [1.54, 1.807) is 0 Å². The van der Waals surface area contributed by atoms with Crippen molar-refractivity contribution < 1.29 is 13.9 Å². The Kier molecular flexibility index (Phi) is 7.22. The molecule has 3 rings (SSSR count). The maximum Gasteiger partial charge on any atom is 0.266 e. The van der Waals surface area contributed by atoms with E-state index in [0.29, 0.717) is 12.3 Å². The number of hydrogen-bond donors (Lipinski definition) is 1. The van der Waals surface area contributed by atoms with Gasteiger partial charge in [-0.2, -0.15) is 5.26 Å². The number of carbonyl (C=O) groups is 1. The van der Waals surface area contributed by atoms with Gasteiger partial charge >= 0.3 is 0 Å². The predicted octanol–water partition coefficient (Wildman–Crippen LogP) is 6.33. The smallest absolute Gasteiger partial charge is 0.266 e. The molecule has 156 valence electrons. The summed E-state index contributed by atoms with van der Waals surface area (Å²) in [6, 6.07) is 18.9. The zero-order chi connectivity index (χ0) is 22.4. The molecule has 0 spiro atoms. The van der Waals surface area contributed by atoms with Gasteiger partial charge in [0, 0.05) is 10.2 Å². The normalized spacial score (nSPS) is 11.0. The van der Waals surface area contributed by atoms with Crippen molar-refractivity contribution in [2.24, 2.45) is 0 Å². The maximum absolute atomic E-state index is 13.0. The first kappa shape index (κ1) is 22.3. The lowest BCUT2D eigenvalue weighted by atomic mass is 10.0. The largest absolute Gasteiger partial charge is 0.488 e. The van der Waals surface area contributed by atoms with E-state index in [-0.39, 0.29) is 5.57 Å². The molecule has 0 aliphatic heterocycles. The summed E-state index contributed by atoms with van der Waals surface area (Å²) in [4.78, 5) is 12.4. The fourth-order valence-electron chi connectivity index (χ4n) is 3.08. The van der Waals surface area contributed by atoms with Crippen LogP contribution >= 0.6 is 15.9 Å². The summed E-state index contributed by atoms with van der Waals surface area (Å²) in [6.07, 6.45) is 1.53. The van der Waals surface area contributed by atoms with Gasteiger partial charge in [0.25, 0.3) is 5.91 Å². The minimum Gasteiger partial charge on any atom is -0.488 e. The highest BCUT2D eigenvalue weighted by atomic mass is 79.9. The number of anilines is 1. The molecule has 0 aromatic heterocycles. The number of halogens is 2. The summed E-state index contributed by atoms with van der Waals surface area (Å²) in [6.45, 7) is 4.28. The van der Waals surface area contributed by atoms with Gasteiger partial charge in [0.1, 0.15) is 29.8 Å². The van der Waals surface area contributed by atoms with Crippen LogP contribution in [0, 0.1) is 31.0 Å². The van der Waals surface area contributed by atoms with E-state index >= 15 is 0 Å². The first-order valence-corrected chi connectivity index (χ1v) is 10.3. The standard InChI is InChI=1S/C25H20BrFN2O2/c1-16-11-19(12-17(2)24(16)31-15-18-3-5-21(26)6-4-18)13-20(14-28)25(30)29-23-9-7-22(27)8-10-23/h3-13H,15H2,1-2H3,(H,29,30)/b20-13+. The molecule has 3 aromatic carbocycles. The number of nitriles is 1. The van der Waals surface area contributed by atoms with Crippen LogP contribution < -0.4 is 10.1 Å². The topological polar surface area (TPSA) is 62.1 Å². The van der Waals surface area contributed by atoms with Gasteiger partial charge in [-0.1, -0.05) is 28.1 Å². The predicted molar refractivity (Wildman–Crippen MR) is 123 cm³/mol. The summed E-state index contributed by atoms with van der Waals surface area (Å²) in [5.41, 5.74) is 3.94. The minimum atomic E-state index is -0.556. The van der Waals surface area contributed by atoms with Crippen molar-refractivity contribution in [1.82, 2.24) is 0 Å². The van der Waals surface area contributed by atoms with E-state index < -0.39 is 11.7 Å². The van der Waals surface area contributed by atoms with Crippen LogP contribution in [-0.2, 0) is 11.4 Å². The van der Waals surface area contributed by atoms with Crippen molar-refractivity contribution in [3.8, 4) is 11.8 Å². The number of amides is 1. The molecule has 0 radical (unpaired) electrons. The molecule has 3 aromatic rings. The highest BCUT2D eigenvalue weighted by Crippen LogP contribution is 2.27. The lowest BCUT2D eigenvalue weighted by Gasteiger charge is -2.13. The summed E-state index contributed by atoms with van der Waals surface area (Å²) in [7, 11) is 0. The molecule has 1 N–H and O–H groups in total. The van der Waals surface area contributed by atoms with E-state index in [0.717, 1.165) is 32.5 Å². The Hall–Kier alpha value is -3.43. The Morgan fingerprint density at radius 1 is 1.10 bits per heavy atom. The Balaban J connectivity index is 1.76. The monoisotopic (exact) mass is 478 g/mol. The van der Waals surface area contributed by atoms with Crippen LogP contribution in [0.1, 0.15) is 22.3 Å². The number of rotatable bonds is 6. The van der Waals surface area contributed by atoms with Crippen molar-refractivity contribution in [1.29, 1.82) is 5.26 Å². The van der Waals surface area contributed by atoms with Crippen molar-refractivity contribution in [3.05, 3.63) is 98.8 Å². The number of benzene rings is 3.